The molecule has 1 fully saturated rings. The Bertz CT molecular complexity index is 310. The Balaban J connectivity index is 2.10. The van der Waals surface area contributed by atoms with Gasteiger partial charge in [0.2, 0.25) is 0 Å². The topological polar surface area (TPSA) is 42.4 Å². The lowest BCUT2D eigenvalue weighted by Gasteiger charge is -2.40. The van der Waals surface area contributed by atoms with Crippen LogP contribution in [0.2, 0.25) is 0 Å². The Hall–Kier alpha value is -0.800. The summed E-state index contributed by atoms with van der Waals surface area (Å²) in [5, 5.41) is 0. The molecule has 1 aliphatic rings. The smallest absolute Gasteiger partial charge is 0.122 e. The van der Waals surface area contributed by atoms with E-state index in [1.54, 1.807) is 6.26 Å². The number of rotatable bonds is 3. The van der Waals surface area contributed by atoms with Crippen LogP contribution < -0.4 is 5.73 Å². The average molecular weight is 222 g/mol. The fourth-order valence-corrected chi connectivity index (χ4v) is 2.78. The predicted molar refractivity (Wildman–Crippen MR) is 65.1 cm³/mol. The molecule has 0 bridgehead atoms. The molecule has 16 heavy (non-hydrogen) atoms. The van der Waals surface area contributed by atoms with Gasteiger partial charge in [-0.25, -0.2) is 0 Å². The zero-order valence-electron chi connectivity index (χ0n) is 10.2. The molecule has 3 nitrogen and oxygen atoms in total. The van der Waals surface area contributed by atoms with Crippen LogP contribution in [0.15, 0.2) is 22.8 Å². The van der Waals surface area contributed by atoms with E-state index in [0.717, 1.165) is 18.2 Å². The second-order valence-corrected chi connectivity index (χ2v) is 4.98. The zero-order valence-corrected chi connectivity index (χ0v) is 10.2. The summed E-state index contributed by atoms with van der Waals surface area (Å²) in [4.78, 5) is 2.48. The fourth-order valence-electron chi connectivity index (χ4n) is 2.78. The molecule has 1 aliphatic heterocycles. The number of hydrogen-bond acceptors (Lipinski definition) is 3. The maximum absolute atomic E-state index is 5.89. The molecule has 2 heterocycles. The van der Waals surface area contributed by atoms with Crippen LogP contribution in [0.3, 0.4) is 0 Å². The van der Waals surface area contributed by atoms with Gasteiger partial charge in [0, 0.05) is 12.6 Å². The highest BCUT2D eigenvalue weighted by atomic mass is 16.3. The maximum atomic E-state index is 5.89. The van der Waals surface area contributed by atoms with Gasteiger partial charge in [-0.1, -0.05) is 6.92 Å². The molecular weight excluding hydrogens is 200 g/mol. The van der Waals surface area contributed by atoms with Gasteiger partial charge in [-0.2, -0.15) is 0 Å². The largest absolute Gasteiger partial charge is 0.468 e. The van der Waals surface area contributed by atoms with Crippen LogP contribution in [0.25, 0.3) is 0 Å². The standard InChI is InChI=1S/C13H22N2O/c1-10-5-6-15(11(2)8-10)12(9-14)13-4-3-7-16-13/h3-4,7,10-12H,5-6,8-9,14H2,1-2H3. The molecule has 3 heteroatoms. The van der Waals surface area contributed by atoms with Crippen LogP contribution in [0.4, 0.5) is 0 Å². The first kappa shape index (κ1) is 11.7. The summed E-state index contributed by atoms with van der Waals surface area (Å²) in [6, 6.07) is 4.82. The summed E-state index contributed by atoms with van der Waals surface area (Å²) >= 11 is 0. The minimum Gasteiger partial charge on any atom is -0.468 e. The number of nitrogens with zero attached hydrogens (tertiary/aromatic N) is 1. The van der Waals surface area contributed by atoms with Crippen molar-refractivity contribution in [2.75, 3.05) is 13.1 Å². The summed E-state index contributed by atoms with van der Waals surface area (Å²) in [5.41, 5.74) is 5.89. The Morgan fingerprint density at radius 1 is 1.56 bits per heavy atom. The Morgan fingerprint density at radius 2 is 2.38 bits per heavy atom. The second-order valence-electron chi connectivity index (χ2n) is 4.98. The first-order chi connectivity index (χ1) is 7.72. The molecule has 1 aromatic rings. The Labute approximate surface area is 97.6 Å². The van der Waals surface area contributed by atoms with Crippen molar-refractivity contribution in [1.29, 1.82) is 0 Å². The van der Waals surface area contributed by atoms with Crippen LogP contribution >= 0.6 is 0 Å². The average Bonchev–Trinajstić information content (AvgIpc) is 2.75. The van der Waals surface area contributed by atoms with Gasteiger partial charge in [0.1, 0.15) is 5.76 Å². The van der Waals surface area contributed by atoms with Gasteiger partial charge >= 0.3 is 0 Å². The van der Waals surface area contributed by atoms with E-state index in [2.05, 4.69) is 18.7 Å². The number of piperidine rings is 1. The molecular formula is C13H22N2O. The molecule has 3 unspecified atom stereocenters. The van der Waals surface area contributed by atoms with Crippen LogP contribution in [0, 0.1) is 5.92 Å². The molecule has 2 N–H and O–H groups in total. The van der Waals surface area contributed by atoms with E-state index in [0.29, 0.717) is 12.6 Å². The van der Waals surface area contributed by atoms with E-state index < -0.39 is 0 Å². The normalized spacial score (nSPS) is 29.2. The molecule has 0 radical (unpaired) electrons. The van der Waals surface area contributed by atoms with Crippen LogP contribution in [-0.2, 0) is 0 Å². The number of nitrogens with two attached hydrogens (primary N) is 1. The second kappa shape index (κ2) is 5.02. The minimum absolute atomic E-state index is 0.248. The van der Waals surface area contributed by atoms with E-state index in [1.165, 1.54) is 12.8 Å². The van der Waals surface area contributed by atoms with Crippen molar-refractivity contribution in [3.8, 4) is 0 Å². The minimum atomic E-state index is 0.248. The summed E-state index contributed by atoms with van der Waals surface area (Å²) in [6.07, 6.45) is 4.26. The van der Waals surface area contributed by atoms with Crippen LogP contribution in [0.1, 0.15) is 38.5 Å². The van der Waals surface area contributed by atoms with Crippen molar-refractivity contribution in [2.45, 2.75) is 38.8 Å². The lowest BCUT2D eigenvalue weighted by atomic mass is 9.91. The van der Waals surface area contributed by atoms with Gasteiger partial charge in [0.05, 0.1) is 12.3 Å². The monoisotopic (exact) mass is 222 g/mol. The van der Waals surface area contributed by atoms with Gasteiger partial charge in [0.15, 0.2) is 0 Å². The SMILES string of the molecule is CC1CCN(C(CN)c2ccco2)C(C)C1. The molecule has 1 saturated heterocycles. The molecule has 0 aromatic carbocycles. The summed E-state index contributed by atoms with van der Waals surface area (Å²) in [6.45, 7) is 6.39. The van der Waals surface area contributed by atoms with Crippen LogP contribution in [0.5, 0.6) is 0 Å². The van der Waals surface area contributed by atoms with Crippen molar-refractivity contribution < 1.29 is 4.42 Å². The molecule has 3 atom stereocenters. The lowest BCUT2D eigenvalue weighted by molar-refractivity contribution is 0.0742. The van der Waals surface area contributed by atoms with Crippen LogP contribution in [-0.4, -0.2) is 24.0 Å². The maximum Gasteiger partial charge on any atom is 0.122 e. The van der Waals surface area contributed by atoms with Crippen molar-refractivity contribution in [3.05, 3.63) is 24.2 Å². The van der Waals surface area contributed by atoms with Crippen molar-refractivity contribution >= 4 is 0 Å². The van der Waals surface area contributed by atoms with E-state index in [9.17, 15) is 0 Å². The van der Waals surface area contributed by atoms with Gasteiger partial charge in [-0.3, -0.25) is 4.90 Å². The summed E-state index contributed by atoms with van der Waals surface area (Å²) in [7, 11) is 0. The molecule has 0 saturated carbocycles. The Morgan fingerprint density at radius 3 is 2.94 bits per heavy atom. The lowest BCUT2D eigenvalue weighted by Crippen LogP contribution is -2.44. The number of furan rings is 1. The van der Waals surface area contributed by atoms with E-state index >= 15 is 0 Å². The molecule has 0 amide bonds. The molecule has 0 aliphatic carbocycles. The summed E-state index contributed by atoms with van der Waals surface area (Å²) in [5.74, 6) is 1.84. The van der Waals surface area contributed by atoms with Gasteiger partial charge in [0.25, 0.3) is 0 Å². The predicted octanol–water partition coefficient (Wildman–Crippen LogP) is 2.40. The third-order valence-electron chi connectivity index (χ3n) is 3.68. The first-order valence-electron chi connectivity index (χ1n) is 6.21. The third-order valence-corrected chi connectivity index (χ3v) is 3.68. The highest BCUT2D eigenvalue weighted by Gasteiger charge is 2.30. The Kier molecular flexibility index (Phi) is 3.66. The zero-order chi connectivity index (χ0) is 11.5. The van der Waals surface area contributed by atoms with E-state index in [1.807, 2.05) is 12.1 Å². The van der Waals surface area contributed by atoms with Crippen molar-refractivity contribution in [2.24, 2.45) is 11.7 Å². The fraction of sp³-hybridized carbons (Fsp3) is 0.692. The molecule has 90 valence electrons. The van der Waals surface area contributed by atoms with E-state index in [4.69, 9.17) is 10.2 Å². The molecule has 1 aromatic heterocycles. The first-order valence-corrected chi connectivity index (χ1v) is 6.21. The van der Waals surface area contributed by atoms with E-state index in [-0.39, 0.29) is 6.04 Å². The van der Waals surface area contributed by atoms with Gasteiger partial charge in [-0.15, -0.1) is 0 Å². The summed E-state index contributed by atoms with van der Waals surface area (Å²) < 4.78 is 5.49. The van der Waals surface area contributed by atoms with Gasteiger partial charge in [-0.05, 0) is 44.4 Å². The van der Waals surface area contributed by atoms with Gasteiger partial charge < -0.3 is 10.2 Å². The highest BCUT2D eigenvalue weighted by Crippen LogP contribution is 2.30. The molecule has 2 rings (SSSR count). The van der Waals surface area contributed by atoms with Crippen molar-refractivity contribution in [1.82, 2.24) is 4.90 Å². The van der Waals surface area contributed by atoms with Crippen molar-refractivity contribution in [3.63, 3.8) is 0 Å². The molecule has 0 spiro atoms. The quantitative estimate of drug-likeness (QED) is 0.854. The number of likely N-dealkylation sites (tertiary alicyclic amines) is 1. The number of hydrogen-bond donors (Lipinski definition) is 1. The third kappa shape index (κ3) is 2.30. The highest BCUT2D eigenvalue weighted by molar-refractivity contribution is 5.06.